The molecule has 25 heavy (non-hydrogen) atoms. The molecule has 0 saturated carbocycles. The van der Waals surface area contributed by atoms with Crippen molar-refractivity contribution in [2.45, 2.75) is 33.6 Å². The van der Waals surface area contributed by atoms with Crippen molar-refractivity contribution in [3.05, 3.63) is 52.1 Å². The Morgan fingerprint density at radius 1 is 1.28 bits per heavy atom. The van der Waals surface area contributed by atoms with E-state index in [0.29, 0.717) is 23.2 Å². The SMILES string of the molecule is CCCc1c(C(=O)Nc2cc(C(=O)O)ccc2F)[nH]c(C)c1C(C)=O. The van der Waals surface area contributed by atoms with Crippen LogP contribution in [0.25, 0.3) is 0 Å². The molecule has 6 nitrogen and oxygen atoms in total. The Kier molecular flexibility index (Phi) is 5.36. The zero-order valence-electron chi connectivity index (χ0n) is 14.2. The minimum Gasteiger partial charge on any atom is -0.478 e. The van der Waals surface area contributed by atoms with E-state index in [1.807, 2.05) is 6.92 Å². The molecule has 0 atom stereocenters. The van der Waals surface area contributed by atoms with E-state index < -0.39 is 17.7 Å². The summed E-state index contributed by atoms with van der Waals surface area (Å²) in [5.74, 6) is -2.75. The van der Waals surface area contributed by atoms with E-state index in [1.165, 1.54) is 6.92 Å². The van der Waals surface area contributed by atoms with Gasteiger partial charge in [0, 0.05) is 11.3 Å². The number of anilines is 1. The van der Waals surface area contributed by atoms with E-state index in [9.17, 15) is 18.8 Å². The summed E-state index contributed by atoms with van der Waals surface area (Å²) < 4.78 is 13.9. The maximum absolute atomic E-state index is 13.9. The first kappa shape index (κ1) is 18.4. The zero-order chi connectivity index (χ0) is 18.7. The Bertz CT molecular complexity index is 855. The van der Waals surface area contributed by atoms with E-state index in [4.69, 9.17) is 5.11 Å². The number of aromatic nitrogens is 1. The first-order valence-corrected chi connectivity index (χ1v) is 7.82. The Morgan fingerprint density at radius 2 is 1.96 bits per heavy atom. The standard InChI is InChI=1S/C18H19FN2O4/c1-4-5-12-15(10(3)22)9(2)20-16(12)17(23)21-14-8-11(18(24)25)6-7-13(14)19/h6-8,20H,4-5H2,1-3H3,(H,21,23)(H,24,25). The Balaban J connectivity index is 2.42. The summed E-state index contributed by atoms with van der Waals surface area (Å²) in [5, 5.41) is 11.4. The summed E-state index contributed by atoms with van der Waals surface area (Å²) in [7, 11) is 0. The van der Waals surface area contributed by atoms with Crippen molar-refractivity contribution in [1.82, 2.24) is 4.98 Å². The number of hydrogen-bond donors (Lipinski definition) is 3. The number of carbonyl (C=O) groups is 3. The van der Waals surface area contributed by atoms with Gasteiger partial charge in [0.25, 0.3) is 5.91 Å². The lowest BCUT2D eigenvalue weighted by Gasteiger charge is -2.08. The number of benzene rings is 1. The van der Waals surface area contributed by atoms with Gasteiger partial charge in [-0.05, 0) is 44.0 Å². The summed E-state index contributed by atoms with van der Waals surface area (Å²) in [5.41, 5.74) is 1.43. The van der Waals surface area contributed by atoms with Crippen LogP contribution < -0.4 is 5.32 Å². The smallest absolute Gasteiger partial charge is 0.335 e. The van der Waals surface area contributed by atoms with E-state index in [-0.39, 0.29) is 22.7 Å². The van der Waals surface area contributed by atoms with Crippen LogP contribution in [0.2, 0.25) is 0 Å². The predicted molar refractivity (Wildman–Crippen MR) is 90.8 cm³/mol. The highest BCUT2D eigenvalue weighted by atomic mass is 19.1. The second-order valence-corrected chi connectivity index (χ2v) is 5.74. The third-order valence-electron chi connectivity index (χ3n) is 3.83. The number of hydrogen-bond acceptors (Lipinski definition) is 3. The molecule has 1 aromatic heterocycles. The van der Waals surface area contributed by atoms with Gasteiger partial charge >= 0.3 is 5.97 Å². The predicted octanol–water partition coefficient (Wildman–Crippen LogP) is 3.57. The van der Waals surface area contributed by atoms with E-state index >= 15 is 0 Å². The molecule has 0 aliphatic rings. The highest BCUT2D eigenvalue weighted by Crippen LogP contribution is 2.23. The van der Waals surface area contributed by atoms with Gasteiger partial charge in [-0.1, -0.05) is 13.3 Å². The van der Waals surface area contributed by atoms with Crippen molar-refractivity contribution >= 4 is 23.3 Å². The van der Waals surface area contributed by atoms with Crippen LogP contribution in [-0.2, 0) is 6.42 Å². The van der Waals surface area contributed by atoms with Crippen molar-refractivity contribution in [2.24, 2.45) is 0 Å². The lowest BCUT2D eigenvalue weighted by molar-refractivity contribution is 0.0696. The number of halogens is 1. The number of carbonyl (C=O) groups excluding carboxylic acids is 2. The van der Waals surface area contributed by atoms with Gasteiger partial charge in [0.15, 0.2) is 5.78 Å². The molecule has 132 valence electrons. The Labute approximate surface area is 144 Å². The second-order valence-electron chi connectivity index (χ2n) is 5.74. The maximum Gasteiger partial charge on any atom is 0.335 e. The van der Waals surface area contributed by atoms with E-state index in [1.54, 1.807) is 6.92 Å². The van der Waals surface area contributed by atoms with Gasteiger partial charge in [0.05, 0.1) is 11.3 Å². The molecule has 7 heteroatoms. The molecule has 1 aromatic carbocycles. The normalized spacial score (nSPS) is 10.6. The number of rotatable bonds is 6. The third-order valence-corrected chi connectivity index (χ3v) is 3.83. The molecule has 0 aliphatic heterocycles. The highest BCUT2D eigenvalue weighted by Gasteiger charge is 2.23. The Hall–Kier alpha value is -2.96. The van der Waals surface area contributed by atoms with Crippen LogP contribution in [0.15, 0.2) is 18.2 Å². The quantitative estimate of drug-likeness (QED) is 0.696. The summed E-state index contributed by atoms with van der Waals surface area (Å²) in [4.78, 5) is 38.3. The molecule has 1 heterocycles. The van der Waals surface area contributed by atoms with Gasteiger partial charge in [0.1, 0.15) is 11.5 Å². The Morgan fingerprint density at radius 3 is 2.52 bits per heavy atom. The number of ketones is 1. The molecule has 0 fully saturated rings. The highest BCUT2D eigenvalue weighted by molar-refractivity contribution is 6.08. The van der Waals surface area contributed by atoms with Crippen LogP contribution in [-0.4, -0.2) is 27.8 Å². The van der Waals surface area contributed by atoms with Gasteiger partial charge in [-0.25, -0.2) is 9.18 Å². The number of H-pyrrole nitrogens is 1. The minimum absolute atomic E-state index is 0.141. The third kappa shape index (κ3) is 3.76. The molecule has 0 unspecified atom stereocenters. The van der Waals surface area contributed by atoms with Gasteiger partial charge in [-0.15, -0.1) is 0 Å². The monoisotopic (exact) mass is 346 g/mol. The van der Waals surface area contributed by atoms with Crippen LogP contribution in [0.4, 0.5) is 10.1 Å². The van der Waals surface area contributed by atoms with E-state index in [2.05, 4.69) is 10.3 Å². The molecule has 3 N–H and O–H groups in total. The number of amides is 1. The lowest BCUT2D eigenvalue weighted by Crippen LogP contribution is -2.16. The minimum atomic E-state index is -1.23. The molecular weight excluding hydrogens is 327 g/mol. The van der Waals surface area contributed by atoms with Crippen molar-refractivity contribution < 1.29 is 23.9 Å². The van der Waals surface area contributed by atoms with Gasteiger partial charge in [-0.3, -0.25) is 9.59 Å². The number of carboxylic acid groups (broad SMARTS) is 1. The van der Waals surface area contributed by atoms with Crippen LogP contribution in [0.3, 0.4) is 0 Å². The summed E-state index contributed by atoms with van der Waals surface area (Å²) in [6.07, 6.45) is 1.24. The fraction of sp³-hybridized carbons (Fsp3) is 0.278. The maximum atomic E-state index is 13.9. The van der Waals surface area contributed by atoms with Gasteiger partial charge in [-0.2, -0.15) is 0 Å². The van der Waals surface area contributed by atoms with Crippen molar-refractivity contribution in [2.75, 3.05) is 5.32 Å². The summed E-state index contributed by atoms with van der Waals surface area (Å²) in [6.45, 7) is 5.04. The first-order valence-electron chi connectivity index (χ1n) is 7.82. The van der Waals surface area contributed by atoms with Crippen LogP contribution in [0.5, 0.6) is 0 Å². The number of aromatic carboxylic acids is 1. The molecule has 1 amide bonds. The molecule has 2 rings (SSSR count). The van der Waals surface area contributed by atoms with Gasteiger partial charge in [0.2, 0.25) is 0 Å². The average molecular weight is 346 g/mol. The second kappa shape index (κ2) is 7.29. The van der Waals surface area contributed by atoms with Crippen LogP contribution >= 0.6 is 0 Å². The number of carboxylic acids is 1. The molecule has 0 spiro atoms. The molecule has 0 saturated heterocycles. The fourth-order valence-corrected chi connectivity index (χ4v) is 2.79. The molecular formula is C18H19FN2O4. The molecule has 0 aliphatic carbocycles. The lowest BCUT2D eigenvalue weighted by atomic mass is 10.0. The fourth-order valence-electron chi connectivity index (χ4n) is 2.79. The van der Waals surface area contributed by atoms with Crippen molar-refractivity contribution in [1.29, 1.82) is 0 Å². The number of aryl methyl sites for hydroxylation is 1. The molecule has 0 radical (unpaired) electrons. The summed E-state index contributed by atoms with van der Waals surface area (Å²) in [6, 6.07) is 3.15. The number of Topliss-reactive ketones (excluding diaryl/α,β-unsaturated/α-hetero) is 1. The van der Waals surface area contributed by atoms with Crippen LogP contribution in [0, 0.1) is 12.7 Å². The van der Waals surface area contributed by atoms with Crippen molar-refractivity contribution in [3.63, 3.8) is 0 Å². The largest absolute Gasteiger partial charge is 0.478 e. The molecule has 2 aromatic rings. The molecule has 0 bridgehead atoms. The van der Waals surface area contributed by atoms with E-state index in [0.717, 1.165) is 24.6 Å². The number of nitrogens with one attached hydrogen (secondary N) is 2. The average Bonchev–Trinajstić information content (AvgIpc) is 2.86. The van der Waals surface area contributed by atoms with Gasteiger partial charge < -0.3 is 15.4 Å². The van der Waals surface area contributed by atoms with Crippen molar-refractivity contribution in [3.8, 4) is 0 Å². The van der Waals surface area contributed by atoms with Crippen LogP contribution in [0.1, 0.15) is 62.7 Å². The topological polar surface area (TPSA) is 99.3 Å². The number of aromatic amines is 1. The first-order chi connectivity index (χ1) is 11.8. The zero-order valence-corrected chi connectivity index (χ0v) is 14.2. The summed E-state index contributed by atoms with van der Waals surface area (Å²) >= 11 is 0.